The number of hydrogen-bond donors (Lipinski definition) is 2. The molecule has 0 spiro atoms. The number of H-pyrrole nitrogens is 1. The molecule has 0 aliphatic heterocycles. The van der Waals surface area contributed by atoms with E-state index in [0.29, 0.717) is 34.5 Å². The van der Waals surface area contributed by atoms with Crippen LogP contribution in [0, 0.1) is 5.82 Å². The fraction of sp³-hybridized carbons (Fsp3) is 0.217. The van der Waals surface area contributed by atoms with Crippen molar-refractivity contribution in [3.63, 3.8) is 0 Å². The average Bonchev–Trinajstić information content (AvgIpc) is 3.30. The summed E-state index contributed by atoms with van der Waals surface area (Å²) in [6.45, 7) is 1.38. The van der Waals surface area contributed by atoms with E-state index in [0.717, 1.165) is 0 Å². The fourth-order valence-electron chi connectivity index (χ4n) is 3.32. The molecule has 2 aromatic carbocycles. The molecule has 4 aromatic rings. The highest BCUT2D eigenvalue weighted by Crippen LogP contribution is 2.31. The van der Waals surface area contributed by atoms with E-state index in [4.69, 9.17) is 4.74 Å². The summed E-state index contributed by atoms with van der Waals surface area (Å²) in [5, 5.41) is 9.93. The van der Waals surface area contributed by atoms with Gasteiger partial charge < -0.3 is 15.0 Å². The third-order valence-electron chi connectivity index (χ3n) is 4.87. The van der Waals surface area contributed by atoms with Gasteiger partial charge in [-0.25, -0.2) is 18.2 Å². The van der Waals surface area contributed by atoms with E-state index in [9.17, 15) is 18.0 Å². The number of nitrogens with one attached hydrogen (secondary N) is 2. The molecule has 10 heteroatoms. The highest BCUT2D eigenvalue weighted by molar-refractivity contribution is 5.99. The Hall–Kier alpha value is -3.95. The number of amides is 1. The molecule has 2 aromatic heterocycles. The van der Waals surface area contributed by atoms with E-state index in [1.807, 2.05) is 6.92 Å². The van der Waals surface area contributed by atoms with E-state index in [1.54, 1.807) is 24.3 Å². The van der Waals surface area contributed by atoms with Gasteiger partial charge in [0, 0.05) is 22.6 Å². The van der Waals surface area contributed by atoms with E-state index < -0.39 is 24.8 Å². The number of rotatable bonds is 8. The van der Waals surface area contributed by atoms with Crippen LogP contribution in [0.3, 0.4) is 0 Å². The number of carbonyl (C=O) groups is 1. The molecule has 0 fully saturated rings. The summed E-state index contributed by atoms with van der Waals surface area (Å²) in [7, 11) is 0. The van der Waals surface area contributed by atoms with Gasteiger partial charge in [-0.1, -0.05) is 0 Å². The van der Waals surface area contributed by atoms with Crippen LogP contribution in [0.4, 0.5) is 13.2 Å². The molecule has 1 amide bonds. The minimum absolute atomic E-state index is 0.0286. The van der Waals surface area contributed by atoms with E-state index in [1.165, 1.54) is 30.6 Å². The largest absolute Gasteiger partial charge is 0.493 e. The highest BCUT2D eigenvalue weighted by atomic mass is 19.3. The van der Waals surface area contributed by atoms with Gasteiger partial charge in [-0.05, 0) is 49.4 Å². The van der Waals surface area contributed by atoms with Gasteiger partial charge in [-0.3, -0.25) is 4.79 Å². The number of benzene rings is 2. The third kappa shape index (κ3) is 5.28. The van der Waals surface area contributed by atoms with Gasteiger partial charge in [-0.2, -0.15) is 0 Å². The van der Waals surface area contributed by atoms with Gasteiger partial charge in [0.2, 0.25) is 0 Å². The Labute approximate surface area is 187 Å². The van der Waals surface area contributed by atoms with Crippen LogP contribution < -0.4 is 10.1 Å². The third-order valence-corrected chi connectivity index (χ3v) is 4.87. The summed E-state index contributed by atoms with van der Waals surface area (Å²) in [6.07, 6.45) is 0.536. The molecule has 7 nitrogen and oxygen atoms in total. The number of nitrogens with zero attached hydrogens (tertiary/aromatic N) is 3. The van der Waals surface area contributed by atoms with Crippen LogP contribution in [0.5, 0.6) is 5.75 Å². The summed E-state index contributed by atoms with van der Waals surface area (Å²) in [6, 6.07) is 12.3. The smallest absolute Gasteiger partial charge is 0.272 e. The first kappa shape index (κ1) is 22.3. The first-order valence-electron chi connectivity index (χ1n) is 10.2. The van der Waals surface area contributed by atoms with Crippen molar-refractivity contribution in [3.8, 4) is 17.0 Å². The second kappa shape index (κ2) is 9.27. The minimum atomic E-state index is -3.21. The zero-order chi connectivity index (χ0) is 23.4. The maximum Gasteiger partial charge on any atom is 0.272 e. The Morgan fingerprint density at radius 3 is 2.64 bits per heavy atom. The number of fused-ring (bicyclic) bond motifs is 1. The zero-order valence-corrected chi connectivity index (χ0v) is 17.6. The lowest BCUT2D eigenvalue weighted by molar-refractivity contribution is 0.00129. The normalized spacial score (nSPS) is 11.5. The number of carbonyl (C=O) groups excluding carboxylic acids is 1. The summed E-state index contributed by atoms with van der Waals surface area (Å²) >= 11 is 0. The number of pyridine rings is 1. The SMILES string of the molecule is CCOc1cc(-c2ccc(F)cc2)nc2cc(C(=O)NCC(F)(F)Cc3nnc[nH]3)ccc12. The molecule has 0 saturated heterocycles. The van der Waals surface area contributed by atoms with Crippen LogP contribution in [-0.2, 0) is 6.42 Å². The van der Waals surface area contributed by atoms with E-state index in [2.05, 4.69) is 25.5 Å². The predicted molar refractivity (Wildman–Crippen MR) is 116 cm³/mol. The predicted octanol–water partition coefficient (Wildman–Crippen LogP) is 4.17. The van der Waals surface area contributed by atoms with Crippen molar-refractivity contribution in [1.29, 1.82) is 0 Å². The molecule has 0 aliphatic carbocycles. The summed E-state index contributed by atoms with van der Waals surface area (Å²) in [5.41, 5.74) is 1.81. The lowest BCUT2D eigenvalue weighted by Gasteiger charge is -2.16. The maximum atomic E-state index is 14.2. The number of aromatic amines is 1. The van der Waals surface area contributed by atoms with Gasteiger partial charge in [-0.15, -0.1) is 10.2 Å². The van der Waals surface area contributed by atoms with Crippen LogP contribution in [0.15, 0.2) is 54.9 Å². The monoisotopic (exact) mass is 455 g/mol. The molecule has 0 aliphatic rings. The summed E-state index contributed by atoms with van der Waals surface area (Å²) in [4.78, 5) is 19.6. The molecule has 0 radical (unpaired) electrons. The van der Waals surface area contributed by atoms with Crippen LogP contribution >= 0.6 is 0 Å². The van der Waals surface area contributed by atoms with Crippen LogP contribution in [0.2, 0.25) is 0 Å². The molecular formula is C23H20F3N5O2. The Morgan fingerprint density at radius 1 is 1.15 bits per heavy atom. The molecule has 0 atom stereocenters. The Balaban J connectivity index is 1.59. The van der Waals surface area contributed by atoms with E-state index in [-0.39, 0.29) is 17.2 Å². The van der Waals surface area contributed by atoms with Gasteiger partial charge >= 0.3 is 0 Å². The average molecular weight is 455 g/mol. The zero-order valence-electron chi connectivity index (χ0n) is 17.6. The fourth-order valence-corrected chi connectivity index (χ4v) is 3.32. The molecule has 0 unspecified atom stereocenters. The van der Waals surface area contributed by atoms with Crippen molar-refractivity contribution in [2.75, 3.05) is 13.2 Å². The van der Waals surface area contributed by atoms with Gasteiger partial charge in [0.15, 0.2) is 0 Å². The van der Waals surface area contributed by atoms with Crippen molar-refractivity contribution >= 4 is 16.8 Å². The van der Waals surface area contributed by atoms with Crippen molar-refractivity contribution in [2.45, 2.75) is 19.3 Å². The Bertz CT molecular complexity index is 1260. The van der Waals surface area contributed by atoms with Crippen molar-refractivity contribution in [3.05, 3.63) is 72.1 Å². The van der Waals surface area contributed by atoms with E-state index >= 15 is 0 Å². The van der Waals surface area contributed by atoms with Gasteiger partial charge in [0.25, 0.3) is 11.8 Å². The Kier molecular flexibility index (Phi) is 6.25. The van der Waals surface area contributed by atoms with Crippen molar-refractivity contribution in [2.24, 2.45) is 0 Å². The molecule has 0 saturated carbocycles. The van der Waals surface area contributed by atoms with Crippen molar-refractivity contribution < 1.29 is 22.7 Å². The Morgan fingerprint density at radius 2 is 1.94 bits per heavy atom. The highest BCUT2D eigenvalue weighted by Gasteiger charge is 2.31. The number of alkyl halides is 2. The first-order valence-corrected chi connectivity index (χ1v) is 10.2. The summed E-state index contributed by atoms with van der Waals surface area (Å²) in [5.74, 6) is -3.67. The second-order valence-electron chi connectivity index (χ2n) is 7.33. The first-order chi connectivity index (χ1) is 15.8. The molecule has 2 N–H and O–H groups in total. The number of ether oxygens (including phenoxy) is 1. The van der Waals surface area contributed by atoms with Gasteiger partial charge in [0.1, 0.15) is 23.7 Å². The number of hydrogen-bond acceptors (Lipinski definition) is 5. The number of halogens is 3. The van der Waals surface area contributed by atoms with Crippen molar-refractivity contribution in [1.82, 2.24) is 25.5 Å². The second-order valence-corrected chi connectivity index (χ2v) is 7.33. The molecular weight excluding hydrogens is 435 g/mol. The molecule has 0 bridgehead atoms. The topological polar surface area (TPSA) is 92.8 Å². The van der Waals surface area contributed by atoms with Crippen LogP contribution in [-0.4, -0.2) is 45.1 Å². The van der Waals surface area contributed by atoms with Gasteiger partial charge in [0.05, 0.1) is 30.8 Å². The van der Waals surface area contributed by atoms with Crippen LogP contribution in [0.1, 0.15) is 23.1 Å². The summed E-state index contributed by atoms with van der Waals surface area (Å²) < 4.78 is 47.4. The molecule has 33 heavy (non-hydrogen) atoms. The van der Waals surface area contributed by atoms with Crippen LogP contribution in [0.25, 0.3) is 22.2 Å². The molecule has 4 rings (SSSR count). The minimum Gasteiger partial charge on any atom is -0.493 e. The number of aromatic nitrogens is 4. The molecule has 170 valence electrons. The lowest BCUT2D eigenvalue weighted by atomic mass is 10.1. The lowest BCUT2D eigenvalue weighted by Crippen LogP contribution is -2.38. The standard InChI is InChI=1S/C23H20F3N5O2/c1-2-33-20-10-18(14-3-6-16(24)7-4-14)30-19-9-15(5-8-17(19)20)22(32)27-12-23(25,26)11-21-28-13-29-31-21/h3-10,13H,2,11-12H2,1H3,(H,27,32)(H,28,29,31). The maximum absolute atomic E-state index is 14.2. The quantitative estimate of drug-likeness (QED) is 0.416. The molecule has 2 heterocycles.